The van der Waals surface area contributed by atoms with Gasteiger partial charge in [-0.2, -0.15) is 0 Å². The zero-order valence-electron chi connectivity index (χ0n) is 14.6. The van der Waals surface area contributed by atoms with Crippen molar-refractivity contribution in [1.82, 2.24) is 0 Å². The summed E-state index contributed by atoms with van der Waals surface area (Å²) in [5.41, 5.74) is 4.34. The van der Waals surface area contributed by atoms with Crippen molar-refractivity contribution in [2.75, 3.05) is 19.0 Å². The third kappa shape index (κ3) is 4.60. The van der Waals surface area contributed by atoms with Crippen molar-refractivity contribution >= 4 is 33.8 Å². The maximum atomic E-state index is 12.2. The third-order valence-corrected chi connectivity index (χ3v) is 4.40. The molecule has 0 unspecified atom stereocenters. The van der Waals surface area contributed by atoms with Gasteiger partial charge in [-0.15, -0.1) is 0 Å². The van der Waals surface area contributed by atoms with E-state index in [0.29, 0.717) is 27.8 Å². The standard InChI is InChI=1S/C19H20BrNO4/c1-11-5-12(2)19(13(3)6-11)21-18(23)10-25-17-7-14(9-22)15(20)8-16(17)24-4/h5-9H,10H2,1-4H3,(H,21,23). The van der Waals surface area contributed by atoms with Gasteiger partial charge in [0.25, 0.3) is 5.91 Å². The molecule has 5 nitrogen and oxygen atoms in total. The largest absolute Gasteiger partial charge is 0.493 e. The normalized spacial score (nSPS) is 10.3. The van der Waals surface area contributed by atoms with Crippen molar-refractivity contribution < 1.29 is 19.1 Å². The summed E-state index contributed by atoms with van der Waals surface area (Å²) in [6.07, 6.45) is 0.704. The van der Waals surface area contributed by atoms with E-state index in [4.69, 9.17) is 9.47 Å². The van der Waals surface area contributed by atoms with E-state index in [-0.39, 0.29) is 12.5 Å². The lowest BCUT2D eigenvalue weighted by atomic mass is 10.1. The summed E-state index contributed by atoms with van der Waals surface area (Å²) >= 11 is 3.28. The number of hydrogen-bond acceptors (Lipinski definition) is 4. The third-order valence-electron chi connectivity index (χ3n) is 3.71. The van der Waals surface area contributed by atoms with Crippen molar-refractivity contribution in [3.8, 4) is 11.5 Å². The summed E-state index contributed by atoms with van der Waals surface area (Å²) in [5, 5.41) is 2.87. The van der Waals surface area contributed by atoms with Gasteiger partial charge >= 0.3 is 0 Å². The number of carbonyl (C=O) groups excluding carboxylic acids is 2. The Morgan fingerprint density at radius 2 is 1.76 bits per heavy atom. The van der Waals surface area contributed by atoms with E-state index in [1.165, 1.54) is 13.2 Å². The topological polar surface area (TPSA) is 64.6 Å². The number of carbonyl (C=O) groups is 2. The summed E-state index contributed by atoms with van der Waals surface area (Å²) < 4.78 is 11.4. The van der Waals surface area contributed by atoms with E-state index in [2.05, 4.69) is 21.2 Å². The molecule has 0 radical (unpaired) electrons. The van der Waals surface area contributed by atoms with E-state index in [1.807, 2.05) is 32.9 Å². The Balaban J connectivity index is 2.12. The van der Waals surface area contributed by atoms with Gasteiger partial charge in [0, 0.05) is 15.7 Å². The van der Waals surface area contributed by atoms with Gasteiger partial charge in [-0.1, -0.05) is 17.7 Å². The van der Waals surface area contributed by atoms with Crippen LogP contribution in [0.2, 0.25) is 0 Å². The van der Waals surface area contributed by atoms with E-state index in [9.17, 15) is 9.59 Å². The van der Waals surface area contributed by atoms with E-state index in [0.717, 1.165) is 22.4 Å². The molecule has 2 rings (SSSR count). The Hall–Kier alpha value is -2.34. The lowest BCUT2D eigenvalue weighted by molar-refractivity contribution is -0.118. The minimum atomic E-state index is -0.285. The summed E-state index contributed by atoms with van der Waals surface area (Å²) in [4.78, 5) is 23.3. The molecule has 1 amide bonds. The van der Waals surface area contributed by atoms with Gasteiger partial charge in [0.1, 0.15) is 0 Å². The lowest BCUT2D eigenvalue weighted by Crippen LogP contribution is -2.21. The molecule has 0 aliphatic rings. The van der Waals surface area contributed by atoms with Crippen LogP contribution in [-0.2, 0) is 4.79 Å². The molecule has 0 spiro atoms. The van der Waals surface area contributed by atoms with Crippen LogP contribution in [0.3, 0.4) is 0 Å². The van der Waals surface area contributed by atoms with Gasteiger partial charge in [0.05, 0.1) is 7.11 Å². The number of aldehydes is 1. The Kier molecular flexibility index (Phi) is 6.20. The second-order valence-corrected chi connectivity index (χ2v) is 6.61. The molecular formula is C19H20BrNO4. The fraction of sp³-hybridized carbons (Fsp3) is 0.263. The van der Waals surface area contributed by atoms with E-state index >= 15 is 0 Å². The highest BCUT2D eigenvalue weighted by molar-refractivity contribution is 9.10. The van der Waals surface area contributed by atoms with Gasteiger partial charge in [0.2, 0.25) is 0 Å². The zero-order valence-corrected chi connectivity index (χ0v) is 16.2. The first-order valence-electron chi connectivity index (χ1n) is 7.69. The first kappa shape index (κ1) is 19.0. The molecule has 0 atom stereocenters. The van der Waals surface area contributed by atoms with Crippen molar-refractivity contribution in [3.63, 3.8) is 0 Å². The average molecular weight is 406 g/mol. The Morgan fingerprint density at radius 1 is 1.12 bits per heavy atom. The van der Waals surface area contributed by atoms with Crippen molar-refractivity contribution in [2.24, 2.45) is 0 Å². The molecule has 0 aliphatic carbocycles. The second kappa shape index (κ2) is 8.16. The maximum Gasteiger partial charge on any atom is 0.262 e. The first-order chi connectivity index (χ1) is 11.8. The number of benzene rings is 2. The molecular weight excluding hydrogens is 386 g/mol. The van der Waals surface area contributed by atoms with Crippen LogP contribution < -0.4 is 14.8 Å². The monoisotopic (exact) mass is 405 g/mol. The zero-order chi connectivity index (χ0) is 18.6. The van der Waals surface area contributed by atoms with Crippen LogP contribution in [0.15, 0.2) is 28.7 Å². The quantitative estimate of drug-likeness (QED) is 0.730. The molecule has 0 heterocycles. The number of halogens is 1. The summed E-state index contributed by atoms with van der Waals surface area (Å²) in [7, 11) is 1.49. The molecule has 0 aromatic heterocycles. The SMILES string of the molecule is COc1cc(Br)c(C=O)cc1OCC(=O)Nc1c(C)cc(C)cc1C. The molecule has 6 heteroatoms. The number of anilines is 1. The highest BCUT2D eigenvalue weighted by atomic mass is 79.9. The van der Waals surface area contributed by atoms with Gasteiger partial charge in [-0.25, -0.2) is 0 Å². The average Bonchev–Trinajstić information content (AvgIpc) is 2.56. The van der Waals surface area contributed by atoms with Gasteiger partial charge < -0.3 is 14.8 Å². The molecule has 0 saturated heterocycles. The summed E-state index contributed by atoms with van der Waals surface area (Å²) in [5.74, 6) is 0.487. The number of ether oxygens (including phenoxy) is 2. The van der Waals surface area contributed by atoms with Crippen molar-refractivity contribution in [2.45, 2.75) is 20.8 Å². The molecule has 2 aromatic carbocycles. The van der Waals surface area contributed by atoms with Gasteiger partial charge in [-0.3, -0.25) is 9.59 Å². The number of amides is 1. The highest BCUT2D eigenvalue weighted by Gasteiger charge is 2.13. The smallest absolute Gasteiger partial charge is 0.262 e. The predicted octanol–water partition coefficient (Wildman–Crippen LogP) is 4.21. The van der Waals surface area contributed by atoms with Crippen LogP contribution >= 0.6 is 15.9 Å². The minimum Gasteiger partial charge on any atom is -0.493 e. The van der Waals surface area contributed by atoms with Crippen LogP contribution in [0.25, 0.3) is 0 Å². The molecule has 0 saturated carbocycles. The fourth-order valence-corrected chi connectivity index (χ4v) is 3.03. The van der Waals surface area contributed by atoms with Gasteiger partial charge in [-0.05, 0) is 60.0 Å². The molecule has 1 N–H and O–H groups in total. The summed E-state index contributed by atoms with van der Waals surface area (Å²) in [6, 6.07) is 7.19. The fourth-order valence-electron chi connectivity index (χ4n) is 2.61. The number of nitrogens with one attached hydrogen (secondary N) is 1. The van der Waals surface area contributed by atoms with Crippen LogP contribution in [0.5, 0.6) is 11.5 Å². The second-order valence-electron chi connectivity index (χ2n) is 5.75. The predicted molar refractivity (Wildman–Crippen MR) is 101 cm³/mol. The molecule has 0 aliphatic heterocycles. The van der Waals surface area contributed by atoms with E-state index in [1.54, 1.807) is 6.07 Å². The Morgan fingerprint density at radius 3 is 2.32 bits per heavy atom. The number of methoxy groups -OCH3 is 1. The van der Waals surface area contributed by atoms with Crippen LogP contribution in [0, 0.1) is 20.8 Å². The number of rotatable bonds is 6. The number of hydrogen-bond donors (Lipinski definition) is 1. The van der Waals surface area contributed by atoms with Crippen LogP contribution in [0.4, 0.5) is 5.69 Å². The highest BCUT2D eigenvalue weighted by Crippen LogP contribution is 2.33. The Bertz CT molecular complexity index is 794. The van der Waals surface area contributed by atoms with E-state index < -0.39 is 0 Å². The molecule has 2 aromatic rings. The van der Waals surface area contributed by atoms with Crippen LogP contribution in [0.1, 0.15) is 27.0 Å². The van der Waals surface area contributed by atoms with Crippen molar-refractivity contribution in [3.05, 3.63) is 51.0 Å². The van der Waals surface area contributed by atoms with Gasteiger partial charge in [0.15, 0.2) is 24.4 Å². The lowest BCUT2D eigenvalue weighted by Gasteiger charge is -2.15. The molecule has 25 heavy (non-hydrogen) atoms. The van der Waals surface area contributed by atoms with Crippen molar-refractivity contribution in [1.29, 1.82) is 0 Å². The summed E-state index contributed by atoms with van der Waals surface area (Å²) in [6.45, 7) is 5.72. The number of aryl methyl sites for hydroxylation is 3. The molecule has 132 valence electrons. The minimum absolute atomic E-state index is 0.191. The molecule has 0 fully saturated rings. The molecule has 0 bridgehead atoms. The first-order valence-corrected chi connectivity index (χ1v) is 8.48. The van der Waals surface area contributed by atoms with Crippen LogP contribution in [-0.4, -0.2) is 25.9 Å². The Labute approximate surface area is 155 Å². The maximum absolute atomic E-state index is 12.2.